The average Bonchev–Trinajstić information content (AvgIpc) is 2.66. The van der Waals surface area contributed by atoms with Gasteiger partial charge in [0.05, 0.1) is 19.8 Å². The zero-order valence-corrected chi connectivity index (χ0v) is 12.9. The number of benzene rings is 1. The van der Waals surface area contributed by atoms with Crippen molar-refractivity contribution in [1.82, 2.24) is 4.90 Å². The minimum absolute atomic E-state index is 0.109. The van der Waals surface area contributed by atoms with Crippen molar-refractivity contribution in [2.24, 2.45) is 0 Å². The first-order chi connectivity index (χ1) is 9.98. The normalized spacial score (nSPS) is 22.6. The fourth-order valence-electron chi connectivity index (χ4n) is 2.69. The zero-order chi connectivity index (χ0) is 15.5. The van der Waals surface area contributed by atoms with Crippen molar-refractivity contribution in [1.29, 1.82) is 0 Å². The Hall–Kier alpha value is -1.75. The van der Waals surface area contributed by atoms with Crippen LogP contribution in [0.2, 0.25) is 0 Å². The third-order valence-corrected chi connectivity index (χ3v) is 3.99. The van der Waals surface area contributed by atoms with E-state index in [2.05, 4.69) is 0 Å². The summed E-state index contributed by atoms with van der Waals surface area (Å²) >= 11 is 0. The molecular formula is C16H23NO4. The molecule has 21 heavy (non-hydrogen) atoms. The first-order valence-electron chi connectivity index (χ1n) is 7.21. The van der Waals surface area contributed by atoms with E-state index in [1.54, 1.807) is 37.3 Å². The zero-order valence-electron chi connectivity index (χ0n) is 12.9. The van der Waals surface area contributed by atoms with Crippen LogP contribution in [0.15, 0.2) is 18.2 Å². The van der Waals surface area contributed by atoms with Crippen LogP contribution in [0.25, 0.3) is 0 Å². The summed E-state index contributed by atoms with van der Waals surface area (Å²) in [6, 6.07) is 5.30. The van der Waals surface area contributed by atoms with Gasteiger partial charge in [-0.2, -0.15) is 0 Å². The van der Waals surface area contributed by atoms with Crippen LogP contribution in [0, 0.1) is 0 Å². The maximum absolute atomic E-state index is 12.8. The van der Waals surface area contributed by atoms with Crippen LogP contribution in [0.5, 0.6) is 11.5 Å². The van der Waals surface area contributed by atoms with Gasteiger partial charge in [-0.1, -0.05) is 6.07 Å². The first kappa shape index (κ1) is 15.6. The van der Waals surface area contributed by atoms with Crippen molar-refractivity contribution >= 4 is 5.91 Å². The number of aliphatic hydroxyl groups is 1. The molecule has 1 aliphatic heterocycles. The topological polar surface area (TPSA) is 59.0 Å². The maximum Gasteiger partial charge on any atom is 0.261 e. The first-order valence-corrected chi connectivity index (χ1v) is 7.21. The standard InChI is InChI=1S/C16H23NO4/c1-16(19)8-5-10-17(11-9-16)15(18)14-12(20-2)6-4-7-13(14)21-3/h4,6-7,19H,5,8-11H2,1-3H3. The van der Waals surface area contributed by atoms with Crippen LogP contribution in [0.4, 0.5) is 0 Å². The van der Waals surface area contributed by atoms with Gasteiger partial charge in [0.15, 0.2) is 0 Å². The molecule has 0 aliphatic carbocycles. The number of carbonyl (C=O) groups is 1. The molecule has 0 saturated carbocycles. The number of nitrogens with zero attached hydrogens (tertiary/aromatic N) is 1. The van der Waals surface area contributed by atoms with E-state index in [0.717, 1.165) is 6.42 Å². The Kier molecular flexibility index (Phi) is 4.73. The second kappa shape index (κ2) is 6.35. The molecule has 0 bridgehead atoms. The molecular weight excluding hydrogens is 270 g/mol. The summed E-state index contributed by atoms with van der Waals surface area (Å²) in [6.45, 7) is 2.99. The summed E-state index contributed by atoms with van der Waals surface area (Å²) in [4.78, 5) is 14.6. The Morgan fingerprint density at radius 1 is 1.19 bits per heavy atom. The molecule has 1 N–H and O–H groups in total. The molecule has 5 heteroatoms. The third-order valence-electron chi connectivity index (χ3n) is 3.99. The fourth-order valence-corrected chi connectivity index (χ4v) is 2.69. The second-order valence-electron chi connectivity index (χ2n) is 5.68. The molecule has 1 amide bonds. The Morgan fingerprint density at radius 3 is 2.38 bits per heavy atom. The molecule has 1 fully saturated rings. The largest absolute Gasteiger partial charge is 0.496 e. The van der Waals surface area contributed by atoms with Crippen molar-refractivity contribution < 1.29 is 19.4 Å². The number of ether oxygens (including phenoxy) is 2. The summed E-state index contributed by atoms with van der Waals surface area (Å²) in [7, 11) is 3.08. The molecule has 116 valence electrons. The lowest BCUT2D eigenvalue weighted by atomic mass is 9.98. The van der Waals surface area contributed by atoms with Gasteiger partial charge in [-0.05, 0) is 38.3 Å². The van der Waals surface area contributed by atoms with Gasteiger partial charge in [-0.3, -0.25) is 4.79 Å². The molecule has 5 nitrogen and oxygen atoms in total. The van der Waals surface area contributed by atoms with E-state index in [9.17, 15) is 9.90 Å². The number of amides is 1. The molecule has 1 heterocycles. The average molecular weight is 293 g/mol. The van der Waals surface area contributed by atoms with E-state index >= 15 is 0 Å². The van der Waals surface area contributed by atoms with Gasteiger partial charge in [-0.25, -0.2) is 0 Å². The molecule has 0 spiro atoms. The molecule has 0 aromatic heterocycles. The van der Waals surface area contributed by atoms with Gasteiger partial charge in [0.25, 0.3) is 5.91 Å². The highest BCUT2D eigenvalue weighted by Gasteiger charge is 2.29. The maximum atomic E-state index is 12.8. The van der Waals surface area contributed by atoms with E-state index in [4.69, 9.17) is 9.47 Å². The van der Waals surface area contributed by atoms with Crippen molar-refractivity contribution in [2.45, 2.75) is 31.8 Å². The van der Waals surface area contributed by atoms with Crippen molar-refractivity contribution in [2.75, 3.05) is 27.3 Å². The van der Waals surface area contributed by atoms with Crippen molar-refractivity contribution in [3.63, 3.8) is 0 Å². The molecule has 0 radical (unpaired) electrons. The lowest BCUT2D eigenvalue weighted by Gasteiger charge is -2.24. The van der Waals surface area contributed by atoms with Crippen LogP contribution in [0.1, 0.15) is 36.5 Å². The van der Waals surface area contributed by atoms with Crippen molar-refractivity contribution in [3.8, 4) is 11.5 Å². The number of carbonyl (C=O) groups excluding carboxylic acids is 1. The molecule has 1 unspecified atom stereocenters. The highest BCUT2D eigenvalue weighted by atomic mass is 16.5. The van der Waals surface area contributed by atoms with Gasteiger partial charge in [-0.15, -0.1) is 0 Å². The SMILES string of the molecule is COc1cccc(OC)c1C(=O)N1CCCC(C)(O)CC1. The van der Waals surface area contributed by atoms with E-state index in [0.29, 0.717) is 43.0 Å². The van der Waals surface area contributed by atoms with E-state index in [-0.39, 0.29) is 5.91 Å². The summed E-state index contributed by atoms with van der Waals surface area (Å²) < 4.78 is 10.6. The molecule has 1 aliphatic rings. The number of hydrogen-bond donors (Lipinski definition) is 1. The highest BCUT2D eigenvalue weighted by molar-refractivity contribution is 5.99. The summed E-state index contributed by atoms with van der Waals surface area (Å²) in [5, 5.41) is 10.1. The summed E-state index contributed by atoms with van der Waals surface area (Å²) in [5.41, 5.74) is -0.246. The van der Waals surface area contributed by atoms with Gasteiger partial charge in [0.1, 0.15) is 17.1 Å². The molecule has 2 rings (SSSR count). The summed E-state index contributed by atoms with van der Waals surface area (Å²) in [6.07, 6.45) is 2.08. The van der Waals surface area contributed by atoms with Gasteiger partial charge >= 0.3 is 0 Å². The Labute approximate surface area is 125 Å². The van der Waals surface area contributed by atoms with E-state index in [1.807, 2.05) is 6.92 Å². The lowest BCUT2D eigenvalue weighted by Crippen LogP contribution is -2.34. The minimum atomic E-state index is -0.695. The van der Waals surface area contributed by atoms with Crippen LogP contribution >= 0.6 is 0 Å². The van der Waals surface area contributed by atoms with E-state index < -0.39 is 5.60 Å². The Bertz CT molecular complexity index is 491. The highest BCUT2D eigenvalue weighted by Crippen LogP contribution is 2.31. The predicted octanol–water partition coefficient (Wildman–Crippen LogP) is 2.08. The monoisotopic (exact) mass is 293 g/mol. The van der Waals surface area contributed by atoms with Crippen LogP contribution in [-0.2, 0) is 0 Å². The van der Waals surface area contributed by atoms with Crippen LogP contribution < -0.4 is 9.47 Å². The second-order valence-corrected chi connectivity index (χ2v) is 5.68. The lowest BCUT2D eigenvalue weighted by molar-refractivity contribution is 0.0437. The van der Waals surface area contributed by atoms with Crippen LogP contribution in [0.3, 0.4) is 0 Å². The Balaban J connectivity index is 2.27. The molecule has 1 aromatic carbocycles. The number of rotatable bonds is 3. The predicted molar refractivity (Wildman–Crippen MR) is 79.9 cm³/mol. The number of hydrogen-bond acceptors (Lipinski definition) is 4. The Morgan fingerprint density at radius 2 is 1.81 bits per heavy atom. The minimum Gasteiger partial charge on any atom is -0.496 e. The van der Waals surface area contributed by atoms with Gasteiger partial charge in [0, 0.05) is 13.1 Å². The smallest absolute Gasteiger partial charge is 0.261 e. The third kappa shape index (κ3) is 3.47. The fraction of sp³-hybridized carbons (Fsp3) is 0.562. The quantitative estimate of drug-likeness (QED) is 0.927. The summed E-state index contributed by atoms with van der Waals surface area (Å²) in [5.74, 6) is 0.910. The molecule has 1 saturated heterocycles. The van der Waals surface area contributed by atoms with Gasteiger partial charge < -0.3 is 19.5 Å². The number of methoxy groups -OCH3 is 2. The van der Waals surface area contributed by atoms with Gasteiger partial charge in [0.2, 0.25) is 0 Å². The molecule has 1 aromatic rings. The number of likely N-dealkylation sites (tertiary alicyclic amines) is 1. The van der Waals surface area contributed by atoms with Crippen LogP contribution in [-0.4, -0.2) is 48.8 Å². The van der Waals surface area contributed by atoms with E-state index in [1.165, 1.54) is 0 Å². The molecule has 1 atom stereocenters. The van der Waals surface area contributed by atoms with Crippen molar-refractivity contribution in [3.05, 3.63) is 23.8 Å².